The Morgan fingerprint density at radius 1 is 1.13 bits per heavy atom. The number of benzene rings is 2. The van der Waals surface area contributed by atoms with Gasteiger partial charge >= 0.3 is 0 Å². The molecule has 2 aromatic rings. The van der Waals surface area contributed by atoms with E-state index in [1.54, 1.807) is 12.1 Å². The average Bonchev–Trinajstić information content (AvgIpc) is 2.29. The highest BCUT2D eigenvalue weighted by Gasteiger charge is 1.99. The topological polar surface area (TPSA) is 23.8 Å². The second kappa shape index (κ2) is 4.16. The minimum atomic E-state index is 0.646. The van der Waals surface area contributed by atoms with Gasteiger partial charge in [-0.05, 0) is 47.5 Å². The number of rotatable bonds is 1. The minimum absolute atomic E-state index is 0.646. The van der Waals surface area contributed by atoms with Crippen LogP contribution in [-0.2, 0) is 0 Å². The Bertz CT molecular complexity index is 526. The Balaban J connectivity index is 2.50. The first kappa shape index (κ1) is 9.76. The van der Waals surface area contributed by atoms with E-state index in [4.69, 9.17) is 16.9 Å². The fraction of sp³-hybridized carbons (Fsp3) is 0. The summed E-state index contributed by atoms with van der Waals surface area (Å²) in [5.41, 5.74) is 2.60. The van der Waals surface area contributed by atoms with Crippen LogP contribution in [0.1, 0.15) is 5.56 Å². The predicted molar refractivity (Wildman–Crippen MR) is 60.4 cm³/mol. The zero-order valence-electron chi connectivity index (χ0n) is 7.87. The second-order valence-corrected chi connectivity index (χ2v) is 3.57. The molecule has 0 aromatic heterocycles. The molecule has 0 N–H and O–H groups in total. The molecule has 0 fully saturated rings. The summed E-state index contributed by atoms with van der Waals surface area (Å²) in [6.45, 7) is 0. The van der Waals surface area contributed by atoms with Gasteiger partial charge < -0.3 is 0 Å². The molecule has 0 heterocycles. The van der Waals surface area contributed by atoms with E-state index in [2.05, 4.69) is 12.1 Å². The third kappa shape index (κ3) is 2.18. The molecule has 0 unspecified atom stereocenters. The van der Waals surface area contributed by atoms with Gasteiger partial charge in [0.15, 0.2) is 0 Å². The first-order valence-corrected chi connectivity index (χ1v) is 4.84. The van der Waals surface area contributed by atoms with Gasteiger partial charge in [-0.2, -0.15) is 5.26 Å². The Morgan fingerprint density at radius 3 is 2.73 bits per heavy atom. The smallest absolute Gasteiger partial charge is 0.0991 e. The van der Waals surface area contributed by atoms with Crippen molar-refractivity contribution < 1.29 is 0 Å². The van der Waals surface area contributed by atoms with E-state index < -0.39 is 0 Å². The van der Waals surface area contributed by atoms with Crippen molar-refractivity contribution in [2.24, 2.45) is 0 Å². The van der Waals surface area contributed by atoms with E-state index in [1.807, 2.05) is 30.3 Å². The molecule has 2 aromatic carbocycles. The molecule has 1 radical (unpaired) electrons. The maximum Gasteiger partial charge on any atom is 0.0991 e. The summed E-state index contributed by atoms with van der Waals surface area (Å²) in [7, 11) is 0. The molecule has 2 heteroatoms. The molecule has 0 spiro atoms. The van der Waals surface area contributed by atoms with Crippen LogP contribution < -0.4 is 0 Å². The Labute approximate surface area is 93.5 Å². The van der Waals surface area contributed by atoms with Crippen molar-refractivity contribution in [1.82, 2.24) is 0 Å². The highest BCUT2D eigenvalue weighted by Crippen LogP contribution is 2.22. The maximum absolute atomic E-state index is 8.78. The van der Waals surface area contributed by atoms with Crippen LogP contribution in [0.2, 0.25) is 5.02 Å². The van der Waals surface area contributed by atoms with Gasteiger partial charge in [0.1, 0.15) is 0 Å². The molecule has 0 saturated carbocycles. The molecule has 0 aliphatic heterocycles. The predicted octanol–water partition coefficient (Wildman–Crippen LogP) is 3.68. The van der Waals surface area contributed by atoms with Crippen LogP contribution in [0.3, 0.4) is 0 Å². The Hall–Kier alpha value is -1.78. The fourth-order valence-electron chi connectivity index (χ4n) is 1.38. The van der Waals surface area contributed by atoms with Crippen LogP contribution in [0, 0.1) is 17.4 Å². The van der Waals surface area contributed by atoms with Gasteiger partial charge in [-0.15, -0.1) is 0 Å². The molecule has 71 valence electrons. The maximum atomic E-state index is 8.78. The molecule has 0 atom stereocenters. The Morgan fingerprint density at radius 2 is 2.00 bits per heavy atom. The van der Waals surface area contributed by atoms with E-state index in [0.717, 1.165) is 11.1 Å². The van der Waals surface area contributed by atoms with Gasteiger partial charge in [0.2, 0.25) is 0 Å². The van der Waals surface area contributed by atoms with Gasteiger partial charge in [-0.1, -0.05) is 23.7 Å². The molecule has 0 aliphatic carbocycles. The number of nitrogens with zero attached hydrogens (tertiary/aromatic N) is 1. The summed E-state index contributed by atoms with van der Waals surface area (Å²) in [6, 6.07) is 17.9. The lowest BCUT2D eigenvalue weighted by Crippen LogP contribution is -1.79. The quantitative estimate of drug-likeness (QED) is 0.708. The largest absolute Gasteiger partial charge is 0.192 e. The molecule has 15 heavy (non-hydrogen) atoms. The summed E-state index contributed by atoms with van der Waals surface area (Å²) < 4.78 is 0. The van der Waals surface area contributed by atoms with E-state index >= 15 is 0 Å². The third-order valence-electron chi connectivity index (χ3n) is 2.08. The van der Waals surface area contributed by atoms with Gasteiger partial charge in [0.25, 0.3) is 0 Å². The van der Waals surface area contributed by atoms with Crippen LogP contribution in [0.5, 0.6) is 0 Å². The first-order valence-electron chi connectivity index (χ1n) is 4.47. The van der Waals surface area contributed by atoms with Crippen molar-refractivity contribution in [1.29, 1.82) is 5.26 Å². The van der Waals surface area contributed by atoms with Crippen molar-refractivity contribution in [2.75, 3.05) is 0 Å². The normalized spacial score (nSPS) is 9.60. The monoisotopic (exact) mass is 212 g/mol. The minimum Gasteiger partial charge on any atom is -0.192 e. The highest BCUT2D eigenvalue weighted by atomic mass is 35.5. The van der Waals surface area contributed by atoms with Crippen LogP contribution in [0.15, 0.2) is 42.5 Å². The van der Waals surface area contributed by atoms with E-state index in [9.17, 15) is 0 Å². The molecule has 0 aliphatic rings. The first-order chi connectivity index (χ1) is 7.29. The molecule has 0 amide bonds. The van der Waals surface area contributed by atoms with Crippen LogP contribution >= 0.6 is 11.6 Å². The average molecular weight is 213 g/mol. The summed E-state index contributed by atoms with van der Waals surface area (Å²) in [6.07, 6.45) is 0. The second-order valence-electron chi connectivity index (χ2n) is 3.13. The van der Waals surface area contributed by atoms with Crippen LogP contribution in [-0.4, -0.2) is 0 Å². The summed E-state index contributed by atoms with van der Waals surface area (Å²) in [4.78, 5) is 0. The molecular formula is C13H7ClN. The van der Waals surface area contributed by atoms with Gasteiger partial charge in [0, 0.05) is 5.02 Å². The van der Waals surface area contributed by atoms with Gasteiger partial charge in [-0.3, -0.25) is 0 Å². The lowest BCUT2D eigenvalue weighted by atomic mass is 10.0. The standard InChI is InChI=1S/C13H7ClN/c14-13-6-2-5-12(8-13)11-4-1-3-10(7-11)9-15/h1,3-8H. The summed E-state index contributed by atoms with van der Waals surface area (Å²) >= 11 is 5.87. The fourth-order valence-corrected chi connectivity index (χ4v) is 1.56. The lowest BCUT2D eigenvalue weighted by Gasteiger charge is -2.01. The van der Waals surface area contributed by atoms with E-state index in [0.29, 0.717) is 10.6 Å². The SMILES string of the molecule is N#Cc1cccc(-c2c[c]cc(Cl)c2)c1. The van der Waals surface area contributed by atoms with Crippen molar-refractivity contribution >= 4 is 11.6 Å². The molecule has 0 bridgehead atoms. The Kier molecular flexibility index (Phi) is 2.71. The van der Waals surface area contributed by atoms with E-state index in [-0.39, 0.29) is 0 Å². The molecule has 1 nitrogen and oxygen atoms in total. The van der Waals surface area contributed by atoms with Crippen molar-refractivity contribution in [2.45, 2.75) is 0 Å². The number of halogens is 1. The number of hydrogen-bond acceptors (Lipinski definition) is 1. The number of hydrogen-bond donors (Lipinski definition) is 0. The zero-order valence-corrected chi connectivity index (χ0v) is 8.62. The highest BCUT2D eigenvalue weighted by molar-refractivity contribution is 6.30. The van der Waals surface area contributed by atoms with E-state index in [1.165, 1.54) is 0 Å². The third-order valence-corrected chi connectivity index (χ3v) is 2.30. The number of nitriles is 1. The van der Waals surface area contributed by atoms with Crippen molar-refractivity contribution in [3.63, 3.8) is 0 Å². The molecular weight excluding hydrogens is 206 g/mol. The van der Waals surface area contributed by atoms with Gasteiger partial charge in [-0.25, -0.2) is 0 Å². The lowest BCUT2D eigenvalue weighted by molar-refractivity contribution is 1.48. The van der Waals surface area contributed by atoms with Crippen molar-refractivity contribution in [3.8, 4) is 17.2 Å². The molecule has 2 rings (SSSR count). The zero-order chi connectivity index (χ0) is 10.7. The molecule has 0 saturated heterocycles. The van der Waals surface area contributed by atoms with Crippen LogP contribution in [0.25, 0.3) is 11.1 Å². The van der Waals surface area contributed by atoms with Crippen molar-refractivity contribution in [3.05, 3.63) is 59.1 Å². The van der Waals surface area contributed by atoms with Crippen LogP contribution in [0.4, 0.5) is 0 Å². The summed E-state index contributed by atoms with van der Waals surface area (Å²) in [5.74, 6) is 0. The van der Waals surface area contributed by atoms with Gasteiger partial charge in [0.05, 0.1) is 11.6 Å². The summed E-state index contributed by atoms with van der Waals surface area (Å²) in [5, 5.41) is 9.43.